The minimum Gasteiger partial charge on any atom is -0.481 e. The molecule has 0 aromatic carbocycles. The zero-order chi connectivity index (χ0) is 14.5. The summed E-state index contributed by atoms with van der Waals surface area (Å²) in [6, 6.07) is 0. The monoisotopic (exact) mass is 283 g/mol. The fourth-order valence-corrected chi connectivity index (χ4v) is 2.46. The highest BCUT2D eigenvalue weighted by Crippen LogP contribution is 2.30. The van der Waals surface area contributed by atoms with Crippen molar-refractivity contribution < 1.29 is 27.8 Å². The van der Waals surface area contributed by atoms with Crippen LogP contribution in [0.4, 0.5) is 13.2 Å². The SMILES string of the molecule is CC(CCCC(F)(F)F)(CC(=O)O)N1CCOCC1. The minimum atomic E-state index is -4.19. The summed E-state index contributed by atoms with van der Waals surface area (Å²) in [5.74, 6) is -0.985. The van der Waals surface area contributed by atoms with Gasteiger partial charge in [-0.15, -0.1) is 0 Å². The number of carbonyl (C=O) groups is 1. The fraction of sp³-hybridized carbons (Fsp3) is 0.917. The average Bonchev–Trinajstić information content (AvgIpc) is 2.27. The van der Waals surface area contributed by atoms with Crippen molar-refractivity contribution in [1.29, 1.82) is 0 Å². The summed E-state index contributed by atoms with van der Waals surface area (Å²) >= 11 is 0. The molecule has 19 heavy (non-hydrogen) atoms. The summed E-state index contributed by atoms with van der Waals surface area (Å²) in [7, 11) is 0. The first kappa shape index (κ1) is 16.2. The molecular weight excluding hydrogens is 263 g/mol. The summed E-state index contributed by atoms with van der Waals surface area (Å²) in [5.41, 5.74) is -0.735. The Kier molecular flexibility index (Phi) is 5.61. The maximum absolute atomic E-state index is 12.2. The van der Waals surface area contributed by atoms with Gasteiger partial charge in [-0.2, -0.15) is 13.2 Å². The van der Waals surface area contributed by atoms with Crippen LogP contribution in [0.5, 0.6) is 0 Å². The van der Waals surface area contributed by atoms with E-state index in [1.54, 1.807) is 6.92 Å². The average molecular weight is 283 g/mol. The van der Waals surface area contributed by atoms with Gasteiger partial charge in [0.2, 0.25) is 0 Å². The molecule has 1 fully saturated rings. The van der Waals surface area contributed by atoms with Crippen LogP contribution in [0.25, 0.3) is 0 Å². The third kappa shape index (κ3) is 5.78. The Labute approximate surface area is 110 Å². The van der Waals surface area contributed by atoms with Crippen molar-refractivity contribution in [2.45, 2.75) is 44.3 Å². The number of rotatable bonds is 6. The maximum Gasteiger partial charge on any atom is 0.389 e. The Morgan fingerprint density at radius 1 is 1.26 bits per heavy atom. The normalized spacial score (nSPS) is 21.1. The van der Waals surface area contributed by atoms with E-state index in [2.05, 4.69) is 0 Å². The predicted octanol–water partition coefficient (Wildman–Crippen LogP) is 2.28. The lowest BCUT2D eigenvalue weighted by atomic mass is 9.88. The largest absolute Gasteiger partial charge is 0.481 e. The lowest BCUT2D eigenvalue weighted by Gasteiger charge is -2.42. The number of hydrogen-bond donors (Lipinski definition) is 1. The maximum atomic E-state index is 12.2. The summed E-state index contributed by atoms with van der Waals surface area (Å²) in [5, 5.41) is 8.96. The molecule has 1 aliphatic heterocycles. The number of carboxylic acids is 1. The molecule has 0 saturated carbocycles. The molecule has 1 heterocycles. The van der Waals surface area contributed by atoms with Crippen LogP contribution in [-0.2, 0) is 9.53 Å². The molecule has 1 saturated heterocycles. The van der Waals surface area contributed by atoms with Crippen molar-refractivity contribution in [2.24, 2.45) is 0 Å². The van der Waals surface area contributed by atoms with Crippen molar-refractivity contribution in [3.05, 3.63) is 0 Å². The van der Waals surface area contributed by atoms with Crippen LogP contribution in [0.2, 0.25) is 0 Å². The van der Waals surface area contributed by atoms with Gasteiger partial charge in [-0.05, 0) is 19.8 Å². The molecule has 0 amide bonds. The topological polar surface area (TPSA) is 49.8 Å². The van der Waals surface area contributed by atoms with E-state index in [-0.39, 0.29) is 19.3 Å². The third-order valence-corrected chi connectivity index (χ3v) is 3.48. The smallest absolute Gasteiger partial charge is 0.389 e. The highest BCUT2D eigenvalue weighted by Gasteiger charge is 2.36. The second-order valence-electron chi connectivity index (χ2n) is 5.14. The van der Waals surface area contributed by atoms with Crippen LogP contribution in [0.3, 0.4) is 0 Å². The van der Waals surface area contributed by atoms with Crippen LogP contribution in [0.1, 0.15) is 32.6 Å². The van der Waals surface area contributed by atoms with Gasteiger partial charge in [0, 0.05) is 25.0 Å². The molecule has 0 bridgehead atoms. The zero-order valence-electron chi connectivity index (χ0n) is 11.0. The van der Waals surface area contributed by atoms with E-state index in [1.807, 2.05) is 4.90 Å². The summed E-state index contributed by atoms with van der Waals surface area (Å²) in [6.07, 6.45) is -5.03. The second-order valence-corrected chi connectivity index (χ2v) is 5.14. The van der Waals surface area contributed by atoms with Gasteiger partial charge in [-0.3, -0.25) is 9.69 Å². The highest BCUT2D eigenvalue weighted by molar-refractivity contribution is 5.68. The van der Waals surface area contributed by atoms with Crippen molar-refractivity contribution in [2.75, 3.05) is 26.3 Å². The molecule has 1 atom stereocenters. The highest BCUT2D eigenvalue weighted by atomic mass is 19.4. The van der Waals surface area contributed by atoms with Gasteiger partial charge in [0.1, 0.15) is 0 Å². The summed E-state index contributed by atoms with van der Waals surface area (Å²) < 4.78 is 41.7. The van der Waals surface area contributed by atoms with Crippen LogP contribution < -0.4 is 0 Å². The molecule has 1 unspecified atom stereocenters. The van der Waals surface area contributed by atoms with Crippen molar-refractivity contribution >= 4 is 5.97 Å². The molecular formula is C12H20F3NO3. The number of aliphatic carboxylic acids is 1. The van der Waals surface area contributed by atoms with E-state index in [4.69, 9.17) is 9.84 Å². The van der Waals surface area contributed by atoms with Gasteiger partial charge in [-0.1, -0.05) is 0 Å². The fourth-order valence-electron chi connectivity index (χ4n) is 2.46. The second kappa shape index (κ2) is 6.56. The van der Waals surface area contributed by atoms with Crippen molar-refractivity contribution in [3.63, 3.8) is 0 Å². The quantitative estimate of drug-likeness (QED) is 0.812. The Balaban J connectivity index is 2.60. The number of nitrogens with zero attached hydrogens (tertiary/aromatic N) is 1. The Bertz CT molecular complexity index is 303. The number of halogens is 3. The number of hydrogen-bond acceptors (Lipinski definition) is 3. The van der Waals surface area contributed by atoms with E-state index in [9.17, 15) is 18.0 Å². The van der Waals surface area contributed by atoms with Gasteiger partial charge < -0.3 is 9.84 Å². The first-order chi connectivity index (χ1) is 8.73. The van der Waals surface area contributed by atoms with Gasteiger partial charge in [0.15, 0.2) is 0 Å². The molecule has 112 valence electrons. The van der Waals surface area contributed by atoms with Crippen LogP contribution in [0, 0.1) is 0 Å². The number of ether oxygens (including phenoxy) is 1. The van der Waals surface area contributed by atoms with E-state index in [0.29, 0.717) is 26.3 Å². The summed E-state index contributed by atoms with van der Waals surface area (Å²) in [6.45, 7) is 3.84. The molecule has 0 aromatic heterocycles. The molecule has 4 nitrogen and oxygen atoms in total. The number of carboxylic acid groups (broad SMARTS) is 1. The lowest BCUT2D eigenvalue weighted by Crippen LogP contribution is -2.52. The van der Waals surface area contributed by atoms with Crippen LogP contribution in [0.15, 0.2) is 0 Å². The zero-order valence-corrected chi connectivity index (χ0v) is 11.0. The first-order valence-corrected chi connectivity index (χ1v) is 6.34. The Morgan fingerprint density at radius 2 is 1.84 bits per heavy atom. The van der Waals surface area contributed by atoms with Crippen molar-refractivity contribution in [1.82, 2.24) is 4.90 Å². The van der Waals surface area contributed by atoms with Crippen molar-refractivity contribution in [3.8, 4) is 0 Å². The molecule has 0 spiro atoms. The third-order valence-electron chi connectivity index (χ3n) is 3.48. The predicted molar refractivity (Wildman–Crippen MR) is 63.0 cm³/mol. The van der Waals surface area contributed by atoms with E-state index >= 15 is 0 Å². The van der Waals surface area contributed by atoms with Gasteiger partial charge in [0.25, 0.3) is 0 Å². The molecule has 1 aliphatic rings. The van der Waals surface area contributed by atoms with Gasteiger partial charge in [0.05, 0.1) is 19.6 Å². The minimum absolute atomic E-state index is 0.0510. The lowest BCUT2D eigenvalue weighted by molar-refractivity contribution is -0.143. The van der Waals surface area contributed by atoms with Gasteiger partial charge in [-0.25, -0.2) is 0 Å². The van der Waals surface area contributed by atoms with E-state index in [0.717, 1.165) is 0 Å². The van der Waals surface area contributed by atoms with Crippen LogP contribution >= 0.6 is 0 Å². The first-order valence-electron chi connectivity index (χ1n) is 6.34. The van der Waals surface area contributed by atoms with E-state index < -0.39 is 24.1 Å². The molecule has 1 rings (SSSR count). The van der Waals surface area contributed by atoms with Crippen LogP contribution in [-0.4, -0.2) is 54.0 Å². The van der Waals surface area contributed by atoms with Gasteiger partial charge >= 0.3 is 12.1 Å². The molecule has 0 aromatic rings. The number of alkyl halides is 3. The Hall–Kier alpha value is -0.820. The molecule has 0 radical (unpaired) electrons. The summed E-state index contributed by atoms with van der Waals surface area (Å²) in [4.78, 5) is 12.9. The molecule has 0 aliphatic carbocycles. The molecule has 7 heteroatoms. The Morgan fingerprint density at radius 3 is 2.32 bits per heavy atom. The standard InChI is InChI=1S/C12H20F3NO3/c1-11(9-10(17)18,3-2-4-12(13,14)15)16-5-7-19-8-6-16/h2-9H2,1H3,(H,17,18). The number of morpholine rings is 1. The van der Waals surface area contributed by atoms with E-state index in [1.165, 1.54) is 0 Å². The molecule has 1 N–H and O–H groups in total.